The fourth-order valence-corrected chi connectivity index (χ4v) is 2.69. The molecule has 2 aromatic rings. The molecule has 1 amide bonds. The summed E-state index contributed by atoms with van der Waals surface area (Å²) in [5.41, 5.74) is 2.70. The first kappa shape index (κ1) is 13.7. The highest BCUT2D eigenvalue weighted by Crippen LogP contribution is 2.27. The topological polar surface area (TPSA) is 75.4 Å². The number of amides is 1. The molecule has 2 N–H and O–H groups in total. The normalized spacial score (nSPS) is 17.3. The predicted molar refractivity (Wildman–Crippen MR) is 77.0 cm³/mol. The van der Waals surface area contributed by atoms with Gasteiger partial charge in [-0.25, -0.2) is 0 Å². The van der Waals surface area contributed by atoms with E-state index in [-0.39, 0.29) is 11.7 Å². The maximum Gasteiger partial charge on any atom is 0.290 e. The number of nitrogens with one attached hydrogen (secondary N) is 1. The summed E-state index contributed by atoms with van der Waals surface area (Å²) in [7, 11) is 0. The Bertz CT molecular complexity index is 663. The Morgan fingerprint density at radius 1 is 1.52 bits per heavy atom. The van der Waals surface area contributed by atoms with Crippen molar-refractivity contribution < 1.29 is 14.4 Å². The van der Waals surface area contributed by atoms with Crippen molar-refractivity contribution in [3.8, 4) is 5.75 Å². The van der Waals surface area contributed by atoms with Gasteiger partial charge in [0.15, 0.2) is 0 Å². The minimum absolute atomic E-state index is 0.188. The number of fused-ring (bicyclic) bond motifs is 1. The van der Waals surface area contributed by atoms with Gasteiger partial charge < -0.3 is 14.9 Å². The molecule has 0 radical (unpaired) electrons. The second-order valence-corrected chi connectivity index (χ2v) is 5.64. The van der Waals surface area contributed by atoms with E-state index in [0.29, 0.717) is 18.2 Å². The van der Waals surface area contributed by atoms with Gasteiger partial charge in [-0.05, 0) is 42.9 Å². The summed E-state index contributed by atoms with van der Waals surface area (Å²) in [6.45, 7) is 2.52. The first-order chi connectivity index (χ1) is 10.1. The van der Waals surface area contributed by atoms with E-state index in [1.807, 2.05) is 6.07 Å². The molecule has 5 heteroatoms. The Kier molecular flexibility index (Phi) is 3.64. The summed E-state index contributed by atoms with van der Waals surface area (Å²) < 4.78 is 5.23. The zero-order valence-electron chi connectivity index (χ0n) is 11.9. The highest BCUT2D eigenvalue weighted by molar-refractivity contribution is 5.93. The molecule has 1 unspecified atom stereocenters. The van der Waals surface area contributed by atoms with Crippen molar-refractivity contribution in [1.82, 2.24) is 10.5 Å². The number of aryl methyl sites for hydroxylation is 1. The number of aromatic nitrogens is 1. The van der Waals surface area contributed by atoms with Crippen LogP contribution in [0.4, 0.5) is 0 Å². The molecule has 0 fully saturated rings. The summed E-state index contributed by atoms with van der Waals surface area (Å²) in [6.07, 6.45) is 2.80. The van der Waals surface area contributed by atoms with Gasteiger partial charge >= 0.3 is 0 Å². The van der Waals surface area contributed by atoms with Crippen LogP contribution < -0.4 is 5.32 Å². The average molecular weight is 286 g/mol. The van der Waals surface area contributed by atoms with E-state index in [4.69, 9.17) is 4.52 Å². The molecular weight excluding hydrogens is 268 g/mol. The minimum Gasteiger partial charge on any atom is -0.508 e. The fraction of sp³-hybridized carbons (Fsp3) is 0.375. The van der Waals surface area contributed by atoms with Crippen LogP contribution in [0.3, 0.4) is 0 Å². The van der Waals surface area contributed by atoms with Crippen molar-refractivity contribution in [1.29, 1.82) is 0 Å². The molecule has 0 saturated heterocycles. The molecule has 21 heavy (non-hydrogen) atoms. The van der Waals surface area contributed by atoms with Crippen LogP contribution in [0.2, 0.25) is 0 Å². The van der Waals surface area contributed by atoms with Crippen LogP contribution in [0, 0.1) is 5.92 Å². The number of nitrogens with zero attached hydrogens (tertiary/aromatic N) is 1. The quantitative estimate of drug-likeness (QED) is 0.908. The van der Waals surface area contributed by atoms with Crippen molar-refractivity contribution in [2.45, 2.75) is 32.7 Å². The predicted octanol–water partition coefficient (Wildman–Crippen LogP) is 2.44. The van der Waals surface area contributed by atoms with Crippen LogP contribution in [-0.2, 0) is 19.4 Å². The van der Waals surface area contributed by atoms with Crippen LogP contribution in [0.5, 0.6) is 5.75 Å². The van der Waals surface area contributed by atoms with Crippen LogP contribution in [-0.4, -0.2) is 16.2 Å². The third-order valence-electron chi connectivity index (χ3n) is 3.87. The molecule has 1 atom stereocenters. The van der Waals surface area contributed by atoms with Gasteiger partial charge in [0.2, 0.25) is 5.76 Å². The number of rotatable bonds is 3. The van der Waals surface area contributed by atoms with Crippen LogP contribution in [0.25, 0.3) is 0 Å². The van der Waals surface area contributed by atoms with E-state index in [2.05, 4.69) is 17.4 Å². The molecule has 110 valence electrons. The number of phenols is 1. The van der Waals surface area contributed by atoms with Crippen molar-refractivity contribution in [3.63, 3.8) is 0 Å². The van der Waals surface area contributed by atoms with Crippen molar-refractivity contribution in [2.75, 3.05) is 0 Å². The molecule has 1 heterocycles. The number of hydrogen-bond acceptors (Lipinski definition) is 4. The molecule has 0 spiro atoms. The Labute approximate surface area is 123 Å². The zero-order chi connectivity index (χ0) is 14.8. The number of hydrogen-bond donors (Lipinski definition) is 2. The smallest absolute Gasteiger partial charge is 0.290 e. The highest BCUT2D eigenvalue weighted by atomic mass is 16.5. The molecule has 0 saturated carbocycles. The van der Waals surface area contributed by atoms with Gasteiger partial charge in [-0.3, -0.25) is 4.79 Å². The third kappa shape index (κ3) is 2.91. The van der Waals surface area contributed by atoms with E-state index in [9.17, 15) is 9.90 Å². The maximum atomic E-state index is 12.2. The van der Waals surface area contributed by atoms with E-state index >= 15 is 0 Å². The van der Waals surface area contributed by atoms with E-state index < -0.39 is 0 Å². The first-order valence-electron chi connectivity index (χ1n) is 7.17. The molecule has 1 aromatic heterocycles. The summed E-state index contributed by atoms with van der Waals surface area (Å²) in [5.74, 6) is 0.819. The van der Waals surface area contributed by atoms with E-state index in [1.165, 1.54) is 0 Å². The van der Waals surface area contributed by atoms with Gasteiger partial charge in [0.25, 0.3) is 5.91 Å². The Morgan fingerprint density at radius 2 is 2.38 bits per heavy atom. The second-order valence-electron chi connectivity index (χ2n) is 5.64. The largest absolute Gasteiger partial charge is 0.508 e. The third-order valence-corrected chi connectivity index (χ3v) is 3.87. The number of aromatic hydroxyl groups is 1. The highest BCUT2D eigenvalue weighted by Gasteiger charge is 2.26. The lowest BCUT2D eigenvalue weighted by Crippen LogP contribution is -2.24. The molecule has 0 bridgehead atoms. The van der Waals surface area contributed by atoms with Gasteiger partial charge in [0.05, 0.1) is 5.69 Å². The fourth-order valence-electron chi connectivity index (χ4n) is 2.69. The summed E-state index contributed by atoms with van der Waals surface area (Å²) >= 11 is 0. The monoisotopic (exact) mass is 286 g/mol. The van der Waals surface area contributed by atoms with Crippen LogP contribution >= 0.6 is 0 Å². The SMILES string of the molecule is CC1CCc2noc(C(=O)NCc3cccc(O)c3)c2C1. The lowest BCUT2D eigenvalue weighted by Gasteiger charge is -2.16. The van der Waals surface area contributed by atoms with Gasteiger partial charge in [0.1, 0.15) is 5.75 Å². The first-order valence-corrected chi connectivity index (χ1v) is 7.17. The minimum atomic E-state index is -0.249. The number of benzene rings is 1. The van der Waals surface area contributed by atoms with Crippen molar-refractivity contribution in [3.05, 3.63) is 46.8 Å². The Balaban J connectivity index is 1.70. The Morgan fingerprint density at radius 3 is 3.19 bits per heavy atom. The van der Waals surface area contributed by atoms with Crippen molar-refractivity contribution >= 4 is 5.91 Å². The lowest BCUT2D eigenvalue weighted by atomic mass is 9.88. The summed E-state index contributed by atoms with van der Waals surface area (Å²) in [4.78, 5) is 12.2. The van der Waals surface area contributed by atoms with E-state index in [1.54, 1.807) is 18.2 Å². The molecule has 1 aromatic carbocycles. The van der Waals surface area contributed by atoms with E-state index in [0.717, 1.165) is 36.1 Å². The van der Waals surface area contributed by atoms with Crippen molar-refractivity contribution in [2.24, 2.45) is 5.92 Å². The summed E-state index contributed by atoms with van der Waals surface area (Å²) in [6, 6.07) is 6.81. The Hall–Kier alpha value is -2.30. The molecular formula is C16H18N2O3. The maximum absolute atomic E-state index is 12.2. The molecule has 5 nitrogen and oxygen atoms in total. The zero-order valence-corrected chi connectivity index (χ0v) is 11.9. The van der Waals surface area contributed by atoms with Gasteiger partial charge in [-0.1, -0.05) is 24.2 Å². The van der Waals surface area contributed by atoms with Crippen LogP contribution in [0.1, 0.15) is 40.7 Å². The molecule has 1 aliphatic carbocycles. The molecule has 3 rings (SSSR count). The van der Waals surface area contributed by atoms with Crippen LogP contribution in [0.15, 0.2) is 28.8 Å². The molecule has 0 aliphatic heterocycles. The van der Waals surface area contributed by atoms with Gasteiger partial charge in [-0.15, -0.1) is 0 Å². The second kappa shape index (κ2) is 5.60. The molecule has 1 aliphatic rings. The van der Waals surface area contributed by atoms with Gasteiger partial charge in [0, 0.05) is 12.1 Å². The summed E-state index contributed by atoms with van der Waals surface area (Å²) in [5, 5.41) is 16.2. The average Bonchev–Trinajstić information content (AvgIpc) is 2.88. The number of phenolic OH excluding ortho intramolecular Hbond substituents is 1. The number of carbonyl (C=O) groups excluding carboxylic acids is 1. The lowest BCUT2D eigenvalue weighted by molar-refractivity contribution is 0.0912. The van der Waals surface area contributed by atoms with Gasteiger partial charge in [-0.2, -0.15) is 0 Å². The standard InChI is InChI=1S/C16H18N2O3/c1-10-5-6-14-13(7-10)15(21-18-14)16(20)17-9-11-3-2-4-12(19)8-11/h2-4,8,10,19H,5-7,9H2,1H3,(H,17,20). The number of carbonyl (C=O) groups is 1.